The van der Waals surface area contributed by atoms with Crippen molar-refractivity contribution in [1.29, 1.82) is 0 Å². The zero-order valence-corrected chi connectivity index (χ0v) is 14.8. The second-order valence-electron chi connectivity index (χ2n) is 6.20. The highest BCUT2D eigenvalue weighted by Gasteiger charge is 2.48. The second kappa shape index (κ2) is 7.13. The first-order chi connectivity index (χ1) is 12.4. The van der Waals surface area contributed by atoms with Gasteiger partial charge in [0.2, 0.25) is 0 Å². The van der Waals surface area contributed by atoms with Gasteiger partial charge in [0, 0.05) is 11.8 Å². The van der Waals surface area contributed by atoms with Crippen LogP contribution >= 0.6 is 11.6 Å². The van der Waals surface area contributed by atoms with E-state index >= 15 is 0 Å². The van der Waals surface area contributed by atoms with Crippen LogP contribution in [0.1, 0.15) is 29.3 Å². The fourth-order valence-corrected chi connectivity index (χ4v) is 2.88. The standard InChI is InChI=1S/C18H17ClN4O3/c1-18(9-7-12-5-3-2-4-6-12)16(25)23(17(26)21-18)22-15(24)13-8-10-20-14(19)11-13/h2-6,8,10-11H,7,9H2,1H3,(H,21,26)(H,22,24). The number of amides is 4. The Morgan fingerprint density at radius 3 is 2.69 bits per heavy atom. The van der Waals surface area contributed by atoms with Crippen LogP contribution in [0.2, 0.25) is 5.15 Å². The minimum atomic E-state index is -1.09. The predicted molar refractivity (Wildman–Crippen MR) is 95.3 cm³/mol. The van der Waals surface area contributed by atoms with E-state index in [0.717, 1.165) is 5.56 Å². The average molecular weight is 373 g/mol. The van der Waals surface area contributed by atoms with Crippen molar-refractivity contribution in [3.8, 4) is 0 Å². The maximum atomic E-state index is 12.7. The van der Waals surface area contributed by atoms with E-state index in [-0.39, 0.29) is 10.7 Å². The lowest BCUT2D eigenvalue weighted by molar-refractivity contribution is -0.132. The molecule has 7 nitrogen and oxygen atoms in total. The quantitative estimate of drug-likeness (QED) is 0.622. The molecular formula is C18H17ClN4O3. The van der Waals surface area contributed by atoms with Crippen molar-refractivity contribution >= 4 is 29.4 Å². The normalized spacial score (nSPS) is 19.4. The summed E-state index contributed by atoms with van der Waals surface area (Å²) in [6.07, 6.45) is 2.40. The van der Waals surface area contributed by atoms with E-state index in [9.17, 15) is 14.4 Å². The molecule has 0 radical (unpaired) electrons. The Labute approximate surface area is 155 Å². The molecule has 1 aromatic heterocycles. The van der Waals surface area contributed by atoms with Gasteiger partial charge >= 0.3 is 6.03 Å². The molecule has 0 aliphatic carbocycles. The zero-order valence-electron chi connectivity index (χ0n) is 14.0. The second-order valence-corrected chi connectivity index (χ2v) is 6.58. The highest BCUT2D eigenvalue weighted by atomic mass is 35.5. The zero-order chi connectivity index (χ0) is 18.7. The van der Waals surface area contributed by atoms with Gasteiger partial charge in [0.05, 0.1) is 0 Å². The van der Waals surface area contributed by atoms with Crippen LogP contribution < -0.4 is 10.7 Å². The number of pyridine rings is 1. The molecule has 1 saturated heterocycles. The molecule has 134 valence electrons. The van der Waals surface area contributed by atoms with Crippen LogP contribution in [0.4, 0.5) is 4.79 Å². The number of nitrogens with one attached hydrogen (secondary N) is 2. The lowest BCUT2D eigenvalue weighted by Gasteiger charge is -2.21. The van der Waals surface area contributed by atoms with E-state index in [1.165, 1.54) is 18.3 Å². The molecule has 2 N–H and O–H groups in total. The van der Waals surface area contributed by atoms with Crippen molar-refractivity contribution < 1.29 is 14.4 Å². The Kier molecular flexibility index (Phi) is 4.90. The Morgan fingerprint density at radius 2 is 2.00 bits per heavy atom. The number of rotatable bonds is 5. The van der Waals surface area contributed by atoms with Gasteiger partial charge in [-0.1, -0.05) is 41.9 Å². The number of aryl methyl sites for hydroxylation is 1. The molecule has 1 fully saturated rings. The number of imide groups is 1. The Balaban J connectivity index is 1.69. The van der Waals surface area contributed by atoms with Crippen molar-refractivity contribution in [2.24, 2.45) is 0 Å². The van der Waals surface area contributed by atoms with E-state index in [1.807, 2.05) is 30.3 Å². The first-order valence-electron chi connectivity index (χ1n) is 8.02. The minimum absolute atomic E-state index is 0.141. The van der Waals surface area contributed by atoms with Crippen molar-refractivity contribution in [2.75, 3.05) is 0 Å². The summed E-state index contributed by atoms with van der Waals surface area (Å²) in [7, 11) is 0. The van der Waals surface area contributed by atoms with Crippen LogP contribution in [0.5, 0.6) is 0 Å². The van der Waals surface area contributed by atoms with Gasteiger partial charge in [0.1, 0.15) is 10.7 Å². The molecule has 4 amide bonds. The number of hydrogen-bond acceptors (Lipinski definition) is 4. The van der Waals surface area contributed by atoms with Crippen LogP contribution in [0.3, 0.4) is 0 Å². The third-order valence-corrected chi connectivity index (χ3v) is 4.43. The summed E-state index contributed by atoms with van der Waals surface area (Å²) in [5.41, 5.74) is 2.49. The lowest BCUT2D eigenvalue weighted by Crippen LogP contribution is -2.48. The molecule has 0 saturated carbocycles. The van der Waals surface area contributed by atoms with E-state index in [4.69, 9.17) is 11.6 Å². The van der Waals surface area contributed by atoms with E-state index < -0.39 is 23.4 Å². The van der Waals surface area contributed by atoms with Crippen LogP contribution in [0.25, 0.3) is 0 Å². The summed E-state index contributed by atoms with van der Waals surface area (Å²) in [5.74, 6) is -1.13. The highest BCUT2D eigenvalue weighted by molar-refractivity contribution is 6.29. The third kappa shape index (κ3) is 3.67. The summed E-state index contributed by atoms with van der Waals surface area (Å²) in [6.45, 7) is 1.64. The number of urea groups is 1. The number of carbonyl (C=O) groups excluding carboxylic acids is 3. The maximum absolute atomic E-state index is 12.7. The predicted octanol–water partition coefficient (Wildman–Crippen LogP) is 2.32. The first kappa shape index (κ1) is 17.9. The van der Waals surface area contributed by atoms with Gasteiger partial charge < -0.3 is 5.32 Å². The molecule has 8 heteroatoms. The SMILES string of the molecule is CC1(CCc2ccccc2)NC(=O)N(NC(=O)c2ccnc(Cl)c2)C1=O. The van der Waals surface area contributed by atoms with Crippen LogP contribution in [-0.4, -0.2) is 33.4 Å². The van der Waals surface area contributed by atoms with Gasteiger partial charge in [0.15, 0.2) is 0 Å². The number of nitrogens with zero attached hydrogens (tertiary/aromatic N) is 2. The van der Waals surface area contributed by atoms with Gasteiger partial charge in [0.25, 0.3) is 11.8 Å². The molecule has 2 aromatic rings. The van der Waals surface area contributed by atoms with Crippen molar-refractivity contribution in [1.82, 2.24) is 20.7 Å². The summed E-state index contributed by atoms with van der Waals surface area (Å²) < 4.78 is 0. The molecule has 0 bridgehead atoms. The molecular weight excluding hydrogens is 356 g/mol. The van der Waals surface area contributed by atoms with Crippen molar-refractivity contribution in [2.45, 2.75) is 25.3 Å². The van der Waals surface area contributed by atoms with Crippen LogP contribution in [0, 0.1) is 0 Å². The fraction of sp³-hybridized carbons (Fsp3) is 0.222. The van der Waals surface area contributed by atoms with Gasteiger partial charge in [-0.05, 0) is 37.5 Å². The van der Waals surface area contributed by atoms with Gasteiger partial charge in [-0.2, -0.15) is 5.01 Å². The lowest BCUT2D eigenvalue weighted by atomic mass is 9.93. The van der Waals surface area contributed by atoms with Crippen LogP contribution in [0.15, 0.2) is 48.7 Å². The number of aromatic nitrogens is 1. The summed E-state index contributed by atoms with van der Waals surface area (Å²) in [4.78, 5) is 40.9. The maximum Gasteiger partial charge on any atom is 0.344 e. The Bertz CT molecular complexity index is 859. The highest BCUT2D eigenvalue weighted by Crippen LogP contribution is 2.22. The van der Waals surface area contributed by atoms with E-state index in [1.54, 1.807) is 6.92 Å². The van der Waals surface area contributed by atoms with Crippen LogP contribution in [-0.2, 0) is 11.2 Å². The Hall–Kier alpha value is -2.93. The third-order valence-electron chi connectivity index (χ3n) is 4.22. The van der Waals surface area contributed by atoms with Gasteiger partial charge in [-0.25, -0.2) is 9.78 Å². The molecule has 0 spiro atoms. The van der Waals surface area contributed by atoms with Crippen molar-refractivity contribution in [3.05, 3.63) is 64.9 Å². The topological polar surface area (TPSA) is 91.4 Å². The molecule has 1 unspecified atom stereocenters. The molecule has 26 heavy (non-hydrogen) atoms. The summed E-state index contributed by atoms with van der Waals surface area (Å²) in [5, 5.41) is 3.50. The van der Waals surface area contributed by atoms with Gasteiger partial charge in [-0.3, -0.25) is 15.0 Å². The number of carbonyl (C=O) groups is 3. The van der Waals surface area contributed by atoms with E-state index in [0.29, 0.717) is 17.9 Å². The average Bonchev–Trinajstić information content (AvgIpc) is 2.84. The Morgan fingerprint density at radius 1 is 1.27 bits per heavy atom. The first-order valence-corrected chi connectivity index (χ1v) is 8.40. The summed E-state index contributed by atoms with van der Waals surface area (Å²) >= 11 is 5.76. The molecule has 1 aliphatic heterocycles. The minimum Gasteiger partial charge on any atom is -0.322 e. The smallest absolute Gasteiger partial charge is 0.322 e. The molecule has 1 aliphatic rings. The monoisotopic (exact) mass is 372 g/mol. The molecule has 2 heterocycles. The molecule has 1 atom stereocenters. The van der Waals surface area contributed by atoms with Gasteiger partial charge in [-0.15, -0.1) is 0 Å². The number of hydrazine groups is 1. The molecule has 3 rings (SSSR count). The number of hydrogen-bond donors (Lipinski definition) is 2. The fourth-order valence-electron chi connectivity index (χ4n) is 2.70. The summed E-state index contributed by atoms with van der Waals surface area (Å²) in [6, 6.07) is 11.8. The number of halogens is 1. The van der Waals surface area contributed by atoms with Crippen molar-refractivity contribution in [3.63, 3.8) is 0 Å². The largest absolute Gasteiger partial charge is 0.344 e. The number of benzene rings is 1. The van der Waals surface area contributed by atoms with E-state index in [2.05, 4.69) is 15.7 Å². The molecule has 1 aromatic carbocycles.